The van der Waals surface area contributed by atoms with Crippen molar-refractivity contribution >= 4 is 11.7 Å². The number of carbonyl (C=O) groups is 2. The molecule has 2 heterocycles. The lowest BCUT2D eigenvalue weighted by Gasteiger charge is -2.07. The SMILES string of the molecule is CC(=O)c1c(C)nn(CC(=O)NCCCc2cccnc2)c1C. The number of ketones is 1. The standard InChI is InChI=1S/C17H22N4O2/c1-12-17(14(3)22)13(2)21(20-12)11-16(23)19-9-5-7-15-6-4-8-18-10-15/h4,6,8,10H,5,7,9,11H2,1-3H3,(H,19,23). The number of pyridine rings is 1. The molecule has 1 N–H and O–H groups in total. The van der Waals surface area contributed by atoms with Gasteiger partial charge in [0.2, 0.25) is 5.91 Å². The number of amides is 1. The highest BCUT2D eigenvalue weighted by molar-refractivity contribution is 5.96. The monoisotopic (exact) mass is 314 g/mol. The molecule has 0 bridgehead atoms. The Morgan fingerprint density at radius 3 is 2.70 bits per heavy atom. The van der Waals surface area contributed by atoms with Crippen molar-refractivity contribution in [3.63, 3.8) is 0 Å². The second-order valence-electron chi connectivity index (χ2n) is 5.57. The van der Waals surface area contributed by atoms with Gasteiger partial charge in [0.15, 0.2) is 5.78 Å². The third-order valence-electron chi connectivity index (χ3n) is 3.71. The summed E-state index contributed by atoms with van der Waals surface area (Å²) in [5, 5.41) is 7.16. The van der Waals surface area contributed by atoms with Crippen LogP contribution in [0.1, 0.15) is 40.7 Å². The maximum atomic E-state index is 12.0. The first-order chi connectivity index (χ1) is 11.0. The lowest BCUT2D eigenvalue weighted by molar-refractivity contribution is -0.121. The van der Waals surface area contributed by atoms with E-state index in [1.165, 1.54) is 6.92 Å². The Balaban J connectivity index is 1.81. The molecule has 0 saturated heterocycles. The highest BCUT2D eigenvalue weighted by Crippen LogP contribution is 2.13. The average Bonchev–Trinajstić information content (AvgIpc) is 2.79. The molecule has 0 fully saturated rings. The zero-order chi connectivity index (χ0) is 16.8. The van der Waals surface area contributed by atoms with Crippen molar-refractivity contribution in [2.24, 2.45) is 0 Å². The van der Waals surface area contributed by atoms with Crippen LogP contribution >= 0.6 is 0 Å². The van der Waals surface area contributed by atoms with E-state index in [2.05, 4.69) is 15.4 Å². The molecule has 0 aliphatic carbocycles. The van der Waals surface area contributed by atoms with Crippen molar-refractivity contribution in [2.75, 3.05) is 6.54 Å². The van der Waals surface area contributed by atoms with Gasteiger partial charge in [-0.3, -0.25) is 19.3 Å². The molecule has 23 heavy (non-hydrogen) atoms. The maximum Gasteiger partial charge on any atom is 0.241 e. The quantitative estimate of drug-likeness (QED) is 0.625. The van der Waals surface area contributed by atoms with E-state index in [9.17, 15) is 9.59 Å². The lowest BCUT2D eigenvalue weighted by Crippen LogP contribution is -2.29. The summed E-state index contributed by atoms with van der Waals surface area (Å²) in [6.07, 6.45) is 5.31. The van der Waals surface area contributed by atoms with Gasteiger partial charge in [0, 0.05) is 24.6 Å². The van der Waals surface area contributed by atoms with E-state index in [0.29, 0.717) is 17.8 Å². The van der Waals surface area contributed by atoms with Gasteiger partial charge in [0.05, 0.1) is 11.3 Å². The molecular weight excluding hydrogens is 292 g/mol. The summed E-state index contributed by atoms with van der Waals surface area (Å²) >= 11 is 0. The van der Waals surface area contributed by atoms with Gasteiger partial charge in [0.25, 0.3) is 0 Å². The predicted octanol–water partition coefficient (Wildman–Crippen LogP) is 1.85. The number of rotatable bonds is 7. The molecule has 0 aliphatic rings. The fourth-order valence-electron chi connectivity index (χ4n) is 2.62. The molecule has 0 spiro atoms. The Morgan fingerprint density at radius 2 is 2.09 bits per heavy atom. The van der Waals surface area contributed by atoms with Crippen LogP contribution < -0.4 is 5.32 Å². The smallest absolute Gasteiger partial charge is 0.241 e. The average molecular weight is 314 g/mol. The molecule has 6 heteroatoms. The number of nitrogens with one attached hydrogen (secondary N) is 1. The van der Waals surface area contributed by atoms with Crippen molar-refractivity contribution in [1.29, 1.82) is 0 Å². The highest BCUT2D eigenvalue weighted by atomic mass is 16.2. The van der Waals surface area contributed by atoms with Crippen LogP contribution in [0.2, 0.25) is 0 Å². The van der Waals surface area contributed by atoms with Crippen LogP contribution in [-0.4, -0.2) is 33.0 Å². The van der Waals surface area contributed by atoms with Gasteiger partial charge in [-0.05, 0) is 45.2 Å². The molecule has 0 atom stereocenters. The zero-order valence-corrected chi connectivity index (χ0v) is 13.8. The number of aryl methyl sites for hydroxylation is 2. The zero-order valence-electron chi connectivity index (χ0n) is 13.8. The fourth-order valence-corrected chi connectivity index (χ4v) is 2.62. The van der Waals surface area contributed by atoms with Crippen molar-refractivity contribution in [1.82, 2.24) is 20.1 Å². The van der Waals surface area contributed by atoms with Crippen molar-refractivity contribution < 1.29 is 9.59 Å². The molecule has 0 radical (unpaired) electrons. The number of hydrogen-bond donors (Lipinski definition) is 1. The summed E-state index contributed by atoms with van der Waals surface area (Å²) in [4.78, 5) is 27.6. The molecular formula is C17H22N4O2. The largest absolute Gasteiger partial charge is 0.354 e. The number of Topliss-reactive ketones (excluding diaryl/α,β-unsaturated/α-hetero) is 1. The molecule has 2 aromatic heterocycles. The van der Waals surface area contributed by atoms with Gasteiger partial charge in [-0.2, -0.15) is 5.10 Å². The van der Waals surface area contributed by atoms with Gasteiger partial charge >= 0.3 is 0 Å². The Kier molecular flexibility index (Phi) is 5.62. The van der Waals surface area contributed by atoms with E-state index in [0.717, 1.165) is 24.1 Å². The molecule has 0 unspecified atom stereocenters. The molecule has 2 aromatic rings. The van der Waals surface area contributed by atoms with Crippen LogP contribution in [0, 0.1) is 13.8 Å². The number of hydrogen-bond acceptors (Lipinski definition) is 4. The molecule has 1 amide bonds. The molecule has 0 aromatic carbocycles. The van der Waals surface area contributed by atoms with Crippen LogP contribution in [0.25, 0.3) is 0 Å². The molecule has 0 aliphatic heterocycles. The third-order valence-corrected chi connectivity index (χ3v) is 3.71. The summed E-state index contributed by atoms with van der Waals surface area (Å²) in [7, 11) is 0. The van der Waals surface area contributed by atoms with Crippen LogP contribution in [-0.2, 0) is 17.8 Å². The predicted molar refractivity (Wildman–Crippen MR) is 87.3 cm³/mol. The summed E-state index contributed by atoms with van der Waals surface area (Å²) in [5.74, 6) is -0.125. The molecule has 6 nitrogen and oxygen atoms in total. The van der Waals surface area contributed by atoms with E-state index in [1.807, 2.05) is 25.3 Å². The van der Waals surface area contributed by atoms with E-state index >= 15 is 0 Å². The minimum Gasteiger partial charge on any atom is -0.354 e. The van der Waals surface area contributed by atoms with Gasteiger partial charge in [0.1, 0.15) is 6.54 Å². The Labute approximate surface area is 135 Å². The van der Waals surface area contributed by atoms with Crippen molar-refractivity contribution in [3.8, 4) is 0 Å². The second kappa shape index (κ2) is 7.67. The first-order valence-electron chi connectivity index (χ1n) is 7.69. The summed E-state index contributed by atoms with van der Waals surface area (Å²) < 4.78 is 1.59. The van der Waals surface area contributed by atoms with Crippen LogP contribution in [0.3, 0.4) is 0 Å². The fraction of sp³-hybridized carbons (Fsp3) is 0.412. The normalized spacial score (nSPS) is 10.6. The molecule has 122 valence electrons. The van der Waals surface area contributed by atoms with E-state index in [1.54, 1.807) is 17.8 Å². The minimum atomic E-state index is -0.100. The van der Waals surface area contributed by atoms with Crippen molar-refractivity contribution in [3.05, 3.63) is 47.0 Å². The summed E-state index contributed by atoms with van der Waals surface area (Å²) in [5.41, 5.74) is 3.17. The highest BCUT2D eigenvalue weighted by Gasteiger charge is 2.16. The minimum absolute atomic E-state index is 0.0249. The Hall–Kier alpha value is -2.50. The number of nitrogens with zero attached hydrogens (tertiary/aromatic N) is 3. The molecule has 0 saturated carbocycles. The Bertz CT molecular complexity index is 692. The first kappa shape index (κ1) is 16.9. The first-order valence-corrected chi connectivity index (χ1v) is 7.69. The van der Waals surface area contributed by atoms with Gasteiger partial charge in [-0.25, -0.2) is 0 Å². The topological polar surface area (TPSA) is 76.9 Å². The van der Waals surface area contributed by atoms with Crippen molar-refractivity contribution in [2.45, 2.75) is 40.2 Å². The molecule has 2 rings (SSSR count). The van der Waals surface area contributed by atoms with Gasteiger partial charge < -0.3 is 5.32 Å². The van der Waals surface area contributed by atoms with E-state index in [-0.39, 0.29) is 18.2 Å². The van der Waals surface area contributed by atoms with Crippen LogP contribution in [0.15, 0.2) is 24.5 Å². The lowest BCUT2D eigenvalue weighted by atomic mass is 10.1. The Morgan fingerprint density at radius 1 is 1.30 bits per heavy atom. The third kappa shape index (κ3) is 4.48. The van der Waals surface area contributed by atoms with Gasteiger partial charge in [-0.1, -0.05) is 6.07 Å². The maximum absolute atomic E-state index is 12.0. The van der Waals surface area contributed by atoms with Crippen LogP contribution in [0.5, 0.6) is 0 Å². The summed E-state index contributed by atoms with van der Waals surface area (Å²) in [6, 6.07) is 3.93. The van der Waals surface area contributed by atoms with E-state index in [4.69, 9.17) is 0 Å². The summed E-state index contributed by atoms with van der Waals surface area (Å²) in [6.45, 7) is 5.84. The van der Waals surface area contributed by atoms with Crippen LogP contribution in [0.4, 0.5) is 0 Å². The number of aromatic nitrogens is 3. The number of carbonyl (C=O) groups excluding carboxylic acids is 2. The second-order valence-corrected chi connectivity index (χ2v) is 5.57. The van der Waals surface area contributed by atoms with E-state index < -0.39 is 0 Å². The van der Waals surface area contributed by atoms with Gasteiger partial charge in [-0.15, -0.1) is 0 Å².